The van der Waals surface area contributed by atoms with Crippen molar-refractivity contribution in [2.24, 2.45) is 0 Å². The molecular weight excluding hydrogens is 274 g/mol. The van der Waals surface area contributed by atoms with E-state index in [-0.39, 0.29) is 0 Å². The third-order valence-corrected chi connectivity index (χ3v) is 4.31. The average molecular weight is 297 g/mol. The van der Waals surface area contributed by atoms with Gasteiger partial charge in [-0.05, 0) is 45.2 Å². The van der Waals surface area contributed by atoms with E-state index < -0.39 is 16.1 Å². The maximum Gasteiger partial charge on any atom is 0.240 e. The van der Waals surface area contributed by atoms with Crippen LogP contribution in [0.3, 0.4) is 0 Å². The highest BCUT2D eigenvalue weighted by Crippen LogP contribution is 2.09. The molecule has 0 radical (unpaired) electrons. The van der Waals surface area contributed by atoms with Gasteiger partial charge in [-0.15, -0.1) is 0 Å². The molecule has 0 aliphatic rings. The summed E-state index contributed by atoms with van der Waals surface area (Å²) in [5, 5.41) is 9.03. The fourth-order valence-electron chi connectivity index (χ4n) is 1.69. The Hall–Kier alpha value is -1.17. The number of allylic oxidation sites excluding steroid dienone is 1. The van der Waals surface area contributed by atoms with Crippen LogP contribution in [0.4, 0.5) is 0 Å². The molecule has 0 aromatic heterocycles. The summed E-state index contributed by atoms with van der Waals surface area (Å²) in [7, 11) is -3.39. The van der Waals surface area contributed by atoms with Gasteiger partial charge in [0.15, 0.2) is 0 Å². The Morgan fingerprint density at radius 1 is 1.25 bits per heavy atom. The standard InChI is InChI=1S/C15H23NO3S/c1-13-8-10-15(11-9-13)20(18,19)16-12-6-4-3-5-7-14(2)17/h5,7-11,14,16-17H,3-4,6,12H2,1-2H3/b7-5+. The molecule has 0 aliphatic heterocycles. The monoisotopic (exact) mass is 297 g/mol. The molecule has 20 heavy (non-hydrogen) atoms. The number of hydrogen-bond donors (Lipinski definition) is 2. The predicted octanol–water partition coefficient (Wildman–Crippen LogP) is 2.38. The van der Waals surface area contributed by atoms with Gasteiger partial charge < -0.3 is 5.11 Å². The predicted molar refractivity (Wildman–Crippen MR) is 81.0 cm³/mol. The van der Waals surface area contributed by atoms with Crippen LogP contribution >= 0.6 is 0 Å². The number of rotatable bonds is 8. The summed E-state index contributed by atoms with van der Waals surface area (Å²) in [6.45, 7) is 4.05. The lowest BCUT2D eigenvalue weighted by Gasteiger charge is -2.06. The molecule has 0 bridgehead atoms. The van der Waals surface area contributed by atoms with Crippen LogP contribution in [-0.2, 0) is 10.0 Å². The van der Waals surface area contributed by atoms with Crippen molar-refractivity contribution in [3.8, 4) is 0 Å². The first-order valence-corrected chi connectivity index (χ1v) is 8.31. The fourth-order valence-corrected chi connectivity index (χ4v) is 2.76. The highest BCUT2D eigenvalue weighted by atomic mass is 32.2. The molecule has 112 valence electrons. The molecule has 1 unspecified atom stereocenters. The van der Waals surface area contributed by atoms with Gasteiger partial charge in [-0.1, -0.05) is 29.8 Å². The summed E-state index contributed by atoms with van der Waals surface area (Å²) in [5.41, 5.74) is 1.04. The van der Waals surface area contributed by atoms with Crippen molar-refractivity contribution in [2.45, 2.75) is 44.1 Å². The number of sulfonamides is 1. The second-order valence-corrected chi connectivity index (χ2v) is 6.64. The van der Waals surface area contributed by atoms with Crippen molar-refractivity contribution in [3.05, 3.63) is 42.0 Å². The summed E-state index contributed by atoms with van der Waals surface area (Å²) in [6, 6.07) is 6.80. The summed E-state index contributed by atoms with van der Waals surface area (Å²) in [6.07, 6.45) is 5.73. The molecule has 0 heterocycles. The number of nitrogens with one attached hydrogen (secondary N) is 1. The normalized spacial score (nSPS) is 13.8. The van der Waals surface area contributed by atoms with Gasteiger partial charge in [-0.25, -0.2) is 13.1 Å². The quantitative estimate of drug-likeness (QED) is 0.572. The molecule has 1 aromatic rings. The summed E-state index contributed by atoms with van der Waals surface area (Å²) in [5.74, 6) is 0. The van der Waals surface area contributed by atoms with Crippen LogP contribution < -0.4 is 4.72 Å². The van der Waals surface area contributed by atoms with E-state index in [0.717, 1.165) is 24.8 Å². The topological polar surface area (TPSA) is 66.4 Å². The lowest BCUT2D eigenvalue weighted by atomic mass is 10.2. The minimum atomic E-state index is -3.39. The molecule has 0 amide bonds. The van der Waals surface area contributed by atoms with Crippen LogP contribution in [0.15, 0.2) is 41.3 Å². The van der Waals surface area contributed by atoms with Crippen molar-refractivity contribution in [1.82, 2.24) is 4.72 Å². The second-order valence-electron chi connectivity index (χ2n) is 4.88. The first-order valence-electron chi connectivity index (χ1n) is 6.83. The van der Waals surface area contributed by atoms with E-state index in [1.807, 2.05) is 13.0 Å². The van der Waals surface area contributed by atoms with Crippen molar-refractivity contribution < 1.29 is 13.5 Å². The Morgan fingerprint density at radius 2 is 1.90 bits per heavy atom. The van der Waals surface area contributed by atoms with Gasteiger partial charge in [-0.3, -0.25) is 0 Å². The second kappa shape index (κ2) is 8.19. The van der Waals surface area contributed by atoms with E-state index in [0.29, 0.717) is 11.4 Å². The number of aliphatic hydroxyl groups is 1. The Kier molecular flexibility index (Phi) is 6.91. The molecule has 0 fully saturated rings. The Bertz CT molecular complexity index is 519. The van der Waals surface area contributed by atoms with E-state index in [1.165, 1.54) is 0 Å². The lowest BCUT2D eigenvalue weighted by Crippen LogP contribution is -2.24. The minimum absolute atomic E-state index is 0.303. The maximum absolute atomic E-state index is 12.0. The van der Waals surface area contributed by atoms with Gasteiger partial charge in [0, 0.05) is 6.54 Å². The van der Waals surface area contributed by atoms with Crippen molar-refractivity contribution in [1.29, 1.82) is 0 Å². The first kappa shape index (κ1) is 16.9. The summed E-state index contributed by atoms with van der Waals surface area (Å²) >= 11 is 0. The van der Waals surface area contributed by atoms with Crippen LogP contribution in [0.1, 0.15) is 31.7 Å². The molecule has 1 atom stereocenters. The summed E-state index contributed by atoms with van der Waals surface area (Å²) < 4.78 is 26.5. The zero-order chi connectivity index (χ0) is 15.0. The molecule has 5 heteroatoms. The van der Waals surface area contributed by atoms with E-state index in [9.17, 15) is 8.42 Å². The van der Waals surface area contributed by atoms with Gasteiger partial charge in [0.05, 0.1) is 11.0 Å². The first-order chi connectivity index (χ1) is 9.42. The zero-order valence-electron chi connectivity index (χ0n) is 12.0. The molecule has 2 N–H and O–H groups in total. The number of benzene rings is 1. The molecule has 0 aliphatic carbocycles. The molecule has 1 rings (SSSR count). The molecular formula is C15H23NO3S. The minimum Gasteiger partial charge on any atom is -0.389 e. The third kappa shape index (κ3) is 6.32. The van der Waals surface area contributed by atoms with Gasteiger partial charge in [0.1, 0.15) is 0 Å². The zero-order valence-corrected chi connectivity index (χ0v) is 12.9. The number of aliphatic hydroxyl groups excluding tert-OH is 1. The number of unbranched alkanes of at least 4 members (excludes halogenated alkanes) is 2. The van der Waals surface area contributed by atoms with Crippen molar-refractivity contribution in [3.63, 3.8) is 0 Å². The smallest absolute Gasteiger partial charge is 0.240 e. The molecule has 0 spiro atoms. The van der Waals surface area contributed by atoms with Crippen LogP contribution in [0.2, 0.25) is 0 Å². The Balaban J connectivity index is 2.32. The number of hydrogen-bond acceptors (Lipinski definition) is 3. The fraction of sp³-hybridized carbons (Fsp3) is 0.467. The van der Waals surface area contributed by atoms with Crippen molar-refractivity contribution >= 4 is 10.0 Å². The Labute approximate surface area is 121 Å². The summed E-state index contributed by atoms with van der Waals surface area (Å²) in [4.78, 5) is 0.303. The van der Waals surface area contributed by atoms with Crippen LogP contribution in [0.5, 0.6) is 0 Å². The molecule has 1 aromatic carbocycles. The SMILES string of the molecule is Cc1ccc(S(=O)(=O)NCCCC/C=C/C(C)O)cc1. The van der Waals surface area contributed by atoms with E-state index in [1.54, 1.807) is 37.3 Å². The highest BCUT2D eigenvalue weighted by Gasteiger charge is 2.12. The van der Waals surface area contributed by atoms with E-state index >= 15 is 0 Å². The van der Waals surface area contributed by atoms with E-state index in [2.05, 4.69) is 4.72 Å². The van der Waals surface area contributed by atoms with Crippen molar-refractivity contribution in [2.75, 3.05) is 6.54 Å². The Morgan fingerprint density at radius 3 is 2.50 bits per heavy atom. The van der Waals surface area contributed by atoms with Crippen LogP contribution in [0, 0.1) is 6.92 Å². The van der Waals surface area contributed by atoms with Gasteiger partial charge >= 0.3 is 0 Å². The molecule has 0 saturated carbocycles. The van der Waals surface area contributed by atoms with E-state index in [4.69, 9.17) is 5.11 Å². The average Bonchev–Trinajstić information content (AvgIpc) is 2.37. The third-order valence-electron chi connectivity index (χ3n) is 2.84. The largest absolute Gasteiger partial charge is 0.389 e. The maximum atomic E-state index is 12.0. The molecule has 0 saturated heterocycles. The number of aryl methyl sites for hydroxylation is 1. The van der Waals surface area contributed by atoms with Crippen LogP contribution in [0.25, 0.3) is 0 Å². The highest BCUT2D eigenvalue weighted by molar-refractivity contribution is 7.89. The van der Waals surface area contributed by atoms with Crippen LogP contribution in [-0.4, -0.2) is 26.2 Å². The van der Waals surface area contributed by atoms with Gasteiger partial charge in [-0.2, -0.15) is 0 Å². The van der Waals surface area contributed by atoms with Gasteiger partial charge in [0.25, 0.3) is 0 Å². The lowest BCUT2D eigenvalue weighted by molar-refractivity contribution is 0.244. The molecule has 4 nitrogen and oxygen atoms in total. The van der Waals surface area contributed by atoms with Gasteiger partial charge in [0.2, 0.25) is 10.0 Å².